The highest BCUT2D eigenvalue weighted by Crippen LogP contribution is 2.23. The lowest BCUT2D eigenvalue weighted by molar-refractivity contribution is -0.138. The quantitative estimate of drug-likeness (QED) is 0.481. The van der Waals surface area contributed by atoms with Gasteiger partial charge in [0.1, 0.15) is 0 Å². The van der Waals surface area contributed by atoms with Crippen LogP contribution in [0.3, 0.4) is 0 Å². The van der Waals surface area contributed by atoms with E-state index in [2.05, 4.69) is 14.7 Å². The molecule has 0 radical (unpaired) electrons. The van der Waals surface area contributed by atoms with E-state index in [1.165, 1.54) is 37.3 Å². The molecule has 2 aromatic carbocycles. The first-order valence-electron chi connectivity index (χ1n) is 10.1. The van der Waals surface area contributed by atoms with Crippen LogP contribution in [0, 0.1) is 0 Å². The number of sulfonamides is 1. The Bertz CT molecular complexity index is 1340. The molecule has 1 atom stereocenters. The van der Waals surface area contributed by atoms with Gasteiger partial charge in [-0.05, 0) is 50.1 Å². The summed E-state index contributed by atoms with van der Waals surface area (Å²) in [6, 6.07) is 10.1. The molecule has 0 bridgehead atoms. The number of imidazole rings is 1. The van der Waals surface area contributed by atoms with E-state index < -0.39 is 27.8 Å². The van der Waals surface area contributed by atoms with E-state index in [-0.39, 0.29) is 22.1 Å². The van der Waals surface area contributed by atoms with Gasteiger partial charge < -0.3 is 19.6 Å². The molecule has 0 spiro atoms. The molecule has 3 aromatic rings. The number of nitrogens with one attached hydrogen (secondary N) is 3. The van der Waals surface area contributed by atoms with Crippen LogP contribution in [0.2, 0.25) is 0 Å². The maximum atomic E-state index is 12.9. The lowest BCUT2D eigenvalue weighted by atomic mass is 10.2. The highest BCUT2D eigenvalue weighted by Gasteiger charge is 2.27. The number of amides is 1. The van der Waals surface area contributed by atoms with E-state index in [0.717, 1.165) is 12.8 Å². The molecule has 1 aliphatic rings. The number of hydrogen-bond acceptors (Lipinski definition) is 6. The SMILES string of the molecule is CC(OC(=O)c1ccccc1NS(=O)(=O)c1ccc2[nH]c(=O)[nH]c2c1)C(=O)N1CCCC1. The number of likely N-dealkylation sites (tertiary alicyclic amines) is 1. The second-order valence-corrected chi connectivity index (χ2v) is 9.20. The van der Waals surface area contributed by atoms with Crippen molar-refractivity contribution in [2.45, 2.75) is 30.8 Å². The van der Waals surface area contributed by atoms with Crippen molar-refractivity contribution >= 4 is 38.6 Å². The zero-order chi connectivity index (χ0) is 22.9. The van der Waals surface area contributed by atoms with Gasteiger partial charge in [-0.3, -0.25) is 9.52 Å². The molecule has 10 nitrogen and oxygen atoms in total. The molecule has 1 saturated heterocycles. The Morgan fingerprint density at radius 3 is 2.50 bits per heavy atom. The molecule has 3 N–H and O–H groups in total. The van der Waals surface area contributed by atoms with Crippen molar-refractivity contribution in [1.82, 2.24) is 14.9 Å². The van der Waals surface area contributed by atoms with Crippen molar-refractivity contribution in [1.29, 1.82) is 0 Å². The smallest absolute Gasteiger partial charge is 0.341 e. The lowest BCUT2D eigenvalue weighted by Crippen LogP contribution is -2.38. The monoisotopic (exact) mass is 458 g/mol. The number of fused-ring (bicyclic) bond motifs is 1. The first kappa shape index (κ1) is 21.6. The van der Waals surface area contributed by atoms with Crippen LogP contribution >= 0.6 is 0 Å². The average molecular weight is 458 g/mol. The summed E-state index contributed by atoms with van der Waals surface area (Å²) >= 11 is 0. The van der Waals surface area contributed by atoms with Crippen molar-refractivity contribution in [3.63, 3.8) is 0 Å². The first-order chi connectivity index (χ1) is 15.2. The van der Waals surface area contributed by atoms with Crippen LogP contribution in [-0.2, 0) is 19.6 Å². The van der Waals surface area contributed by atoms with Crippen molar-refractivity contribution in [3.05, 3.63) is 58.5 Å². The number of esters is 1. The average Bonchev–Trinajstić information content (AvgIpc) is 3.41. The zero-order valence-electron chi connectivity index (χ0n) is 17.3. The number of aromatic nitrogens is 2. The van der Waals surface area contributed by atoms with Gasteiger partial charge in [0.2, 0.25) is 0 Å². The van der Waals surface area contributed by atoms with Crippen LogP contribution in [-0.4, -0.2) is 54.4 Å². The molecule has 1 fully saturated rings. The number of H-pyrrole nitrogens is 2. The fourth-order valence-corrected chi connectivity index (χ4v) is 4.71. The van der Waals surface area contributed by atoms with Crippen LogP contribution in [0.15, 0.2) is 52.2 Å². The van der Waals surface area contributed by atoms with Crippen molar-refractivity contribution in [3.8, 4) is 0 Å². The summed E-state index contributed by atoms with van der Waals surface area (Å²) in [4.78, 5) is 43.2. The number of ether oxygens (including phenoxy) is 1. The fraction of sp³-hybridized carbons (Fsp3) is 0.286. The van der Waals surface area contributed by atoms with Gasteiger partial charge >= 0.3 is 11.7 Å². The molecule has 4 rings (SSSR count). The Morgan fingerprint density at radius 2 is 1.75 bits per heavy atom. The van der Waals surface area contributed by atoms with Crippen LogP contribution < -0.4 is 10.4 Å². The van der Waals surface area contributed by atoms with Gasteiger partial charge in [0.25, 0.3) is 15.9 Å². The molecule has 168 valence electrons. The van der Waals surface area contributed by atoms with Gasteiger partial charge in [-0.15, -0.1) is 0 Å². The first-order valence-corrected chi connectivity index (χ1v) is 11.6. The van der Waals surface area contributed by atoms with E-state index in [9.17, 15) is 22.8 Å². The summed E-state index contributed by atoms with van der Waals surface area (Å²) < 4.78 is 33.5. The Balaban J connectivity index is 1.55. The van der Waals surface area contributed by atoms with E-state index in [1.54, 1.807) is 17.0 Å². The summed E-state index contributed by atoms with van der Waals surface area (Å²) in [7, 11) is -4.08. The van der Waals surface area contributed by atoms with E-state index >= 15 is 0 Å². The standard InChI is InChI=1S/C21H22N4O6S/c1-13(19(26)25-10-4-5-11-25)31-20(27)15-6-2-3-7-16(15)24-32(29,30)14-8-9-17-18(12-14)23-21(28)22-17/h2-3,6-9,12-13,24H,4-5,10-11H2,1H3,(H2,22,23,28). The second kappa shape index (κ2) is 8.50. The predicted octanol–water partition coefficient (Wildman–Crippen LogP) is 1.82. The third kappa shape index (κ3) is 4.37. The summed E-state index contributed by atoms with van der Waals surface area (Å²) in [5.41, 5.74) is 0.344. The van der Waals surface area contributed by atoms with E-state index in [4.69, 9.17) is 4.74 Å². The minimum absolute atomic E-state index is 0.0148. The van der Waals surface area contributed by atoms with Gasteiger partial charge in [-0.1, -0.05) is 12.1 Å². The Morgan fingerprint density at radius 1 is 1.06 bits per heavy atom. The van der Waals surface area contributed by atoms with Crippen LogP contribution in [0.25, 0.3) is 11.0 Å². The third-order valence-electron chi connectivity index (χ3n) is 5.24. The van der Waals surface area contributed by atoms with Gasteiger partial charge in [0.15, 0.2) is 6.10 Å². The Kier molecular flexibility index (Phi) is 5.74. The highest BCUT2D eigenvalue weighted by molar-refractivity contribution is 7.92. The molecule has 1 unspecified atom stereocenters. The van der Waals surface area contributed by atoms with Gasteiger partial charge in [0, 0.05) is 13.1 Å². The van der Waals surface area contributed by atoms with Gasteiger partial charge in [-0.25, -0.2) is 18.0 Å². The largest absolute Gasteiger partial charge is 0.449 e. The number of aromatic amines is 2. The molecule has 0 saturated carbocycles. The van der Waals surface area contributed by atoms with Crippen molar-refractivity contribution in [2.75, 3.05) is 17.8 Å². The topological polar surface area (TPSA) is 141 Å². The minimum Gasteiger partial charge on any atom is -0.449 e. The molecule has 1 aromatic heterocycles. The van der Waals surface area contributed by atoms with E-state index in [1.807, 2.05) is 0 Å². The Hall–Kier alpha value is -3.60. The van der Waals surface area contributed by atoms with Crippen LogP contribution in [0.4, 0.5) is 5.69 Å². The zero-order valence-corrected chi connectivity index (χ0v) is 18.1. The molecule has 2 heterocycles. The number of para-hydroxylation sites is 1. The minimum atomic E-state index is -4.08. The molecule has 32 heavy (non-hydrogen) atoms. The fourth-order valence-electron chi connectivity index (χ4n) is 3.60. The Labute approximate surface area is 183 Å². The number of hydrogen-bond donors (Lipinski definition) is 3. The van der Waals surface area contributed by atoms with Crippen molar-refractivity contribution < 1.29 is 22.7 Å². The van der Waals surface area contributed by atoms with E-state index in [0.29, 0.717) is 24.1 Å². The number of carbonyl (C=O) groups is 2. The normalized spacial score (nSPS) is 15.0. The molecule has 1 aliphatic heterocycles. The molecule has 1 amide bonds. The molecule has 0 aliphatic carbocycles. The van der Waals surface area contributed by atoms with Crippen LogP contribution in [0.1, 0.15) is 30.1 Å². The molecular weight excluding hydrogens is 436 g/mol. The summed E-state index contributed by atoms with van der Waals surface area (Å²) in [6.07, 6.45) is 0.844. The maximum absolute atomic E-state index is 12.9. The third-order valence-corrected chi connectivity index (χ3v) is 6.60. The molecular formula is C21H22N4O6S. The van der Waals surface area contributed by atoms with Crippen LogP contribution in [0.5, 0.6) is 0 Å². The van der Waals surface area contributed by atoms with Gasteiger partial charge in [0.05, 0.1) is 27.2 Å². The highest BCUT2D eigenvalue weighted by atomic mass is 32.2. The second-order valence-electron chi connectivity index (χ2n) is 7.52. The summed E-state index contributed by atoms with van der Waals surface area (Å²) in [5, 5.41) is 0. The maximum Gasteiger partial charge on any atom is 0.341 e. The lowest BCUT2D eigenvalue weighted by Gasteiger charge is -2.21. The number of carbonyl (C=O) groups excluding carboxylic acids is 2. The van der Waals surface area contributed by atoms with Gasteiger partial charge in [-0.2, -0.15) is 0 Å². The number of nitrogens with zero attached hydrogens (tertiary/aromatic N) is 1. The number of benzene rings is 2. The summed E-state index contributed by atoms with van der Waals surface area (Å²) in [5.74, 6) is -1.09. The predicted molar refractivity (Wildman–Crippen MR) is 117 cm³/mol. The molecule has 11 heteroatoms. The number of rotatable bonds is 6. The van der Waals surface area contributed by atoms with Crippen molar-refractivity contribution in [2.24, 2.45) is 0 Å². The summed E-state index contributed by atoms with van der Waals surface area (Å²) in [6.45, 7) is 2.76. The number of anilines is 1.